The van der Waals surface area contributed by atoms with E-state index < -0.39 is 22.5 Å². The molecular formula is C31H21Cl2N5O6. The summed E-state index contributed by atoms with van der Waals surface area (Å²) in [5, 5.41) is 38.0. The molecule has 0 fully saturated rings. The highest BCUT2D eigenvalue weighted by atomic mass is 35.5. The predicted molar refractivity (Wildman–Crippen MR) is 168 cm³/mol. The van der Waals surface area contributed by atoms with E-state index in [1.807, 2.05) is 0 Å². The maximum atomic E-state index is 13.3. The normalized spacial score (nSPS) is 11.0. The van der Waals surface area contributed by atoms with E-state index in [1.165, 1.54) is 37.4 Å². The summed E-state index contributed by atoms with van der Waals surface area (Å²) in [5.74, 6) is -1.49. The van der Waals surface area contributed by atoms with Crippen molar-refractivity contribution in [2.45, 2.75) is 0 Å². The number of rotatable bonds is 8. The van der Waals surface area contributed by atoms with Gasteiger partial charge in [0.25, 0.3) is 17.5 Å². The number of nitrogens with one attached hydrogen (secondary N) is 2. The summed E-state index contributed by atoms with van der Waals surface area (Å²) in [4.78, 5) is 37.0. The predicted octanol–water partition coefficient (Wildman–Crippen LogP) is 8.69. The van der Waals surface area contributed by atoms with Crippen molar-refractivity contribution >= 4 is 74.2 Å². The monoisotopic (exact) mass is 629 g/mol. The van der Waals surface area contributed by atoms with Gasteiger partial charge in [0.2, 0.25) is 0 Å². The van der Waals surface area contributed by atoms with Crippen LogP contribution in [-0.2, 0) is 0 Å². The van der Waals surface area contributed by atoms with Gasteiger partial charge in [-0.1, -0.05) is 29.3 Å². The number of nitro benzene ring substituents is 1. The molecule has 0 heterocycles. The number of amides is 2. The average molecular weight is 630 g/mol. The van der Waals surface area contributed by atoms with Crippen LogP contribution in [0.4, 0.5) is 28.4 Å². The van der Waals surface area contributed by atoms with Gasteiger partial charge in [0.15, 0.2) is 11.5 Å². The Hall–Kier alpha value is -5.52. The van der Waals surface area contributed by atoms with E-state index in [1.54, 1.807) is 60.7 Å². The number of nitrogens with zero attached hydrogens (tertiary/aromatic N) is 3. The van der Waals surface area contributed by atoms with Gasteiger partial charge in [0.05, 0.1) is 23.7 Å². The van der Waals surface area contributed by atoms with Gasteiger partial charge >= 0.3 is 0 Å². The Bertz CT molecular complexity index is 1950. The van der Waals surface area contributed by atoms with Crippen molar-refractivity contribution in [1.29, 1.82) is 0 Å². The summed E-state index contributed by atoms with van der Waals surface area (Å²) in [6.45, 7) is 0. The third-order valence-electron chi connectivity index (χ3n) is 6.43. The molecule has 5 aromatic carbocycles. The molecule has 11 nitrogen and oxygen atoms in total. The molecule has 0 aliphatic carbocycles. The smallest absolute Gasteiger partial charge is 0.273 e. The number of halogens is 2. The Morgan fingerprint density at radius 3 is 2.02 bits per heavy atom. The number of ether oxygens (including phenoxy) is 1. The number of anilines is 2. The molecule has 0 saturated carbocycles. The Labute approximate surface area is 259 Å². The van der Waals surface area contributed by atoms with Crippen LogP contribution in [-0.4, -0.2) is 29.0 Å². The molecular weight excluding hydrogens is 609 g/mol. The van der Waals surface area contributed by atoms with Gasteiger partial charge in [-0.2, -0.15) is 0 Å². The number of phenolic OH excluding ortho intramolecular Hbond substituents is 1. The number of phenols is 1. The molecule has 0 aliphatic heterocycles. The van der Waals surface area contributed by atoms with E-state index in [9.17, 15) is 24.8 Å². The summed E-state index contributed by atoms with van der Waals surface area (Å²) in [5.41, 5.74) is 0.928. The van der Waals surface area contributed by atoms with Gasteiger partial charge < -0.3 is 20.5 Å². The Morgan fingerprint density at radius 1 is 0.818 bits per heavy atom. The minimum atomic E-state index is -0.660. The molecule has 0 bridgehead atoms. The zero-order valence-electron chi connectivity index (χ0n) is 22.7. The molecule has 5 rings (SSSR count). The van der Waals surface area contributed by atoms with E-state index >= 15 is 0 Å². The van der Waals surface area contributed by atoms with Crippen molar-refractivity contribution in [1.82, 2.24) is 0 Å². The largest absolute Gasteiger partial charge is 0.505 e. The molecule has 0 aromatic heterocycles. The lowest BCUT2D eigenvalue weighted by Crippen LogP contribution is -2.13. The summed E-state index contributed by atoms with van der Waals surface area (Å²) in [6, 6.07) is 22.8. The van der Waals surface area contributed by atoms with Crippen LogP contribution in [0.3, 0.4) is 0 Å². The number of hydrogen-bond donors (Lipinski definition) is 3. The molecule has 13 heteroatoms. The van der Waals surface area contributed by atoms with Crippen LogP contribution < -0.4 is 15.4 Å². The van der Waals surface area contributed by atoms with Crippen molar-refractivity contribution in [3.05, 3.63) is 122 Å². The van der Waals surface area contributed by atoms with Crippen molar-refractivity contribution in [3.8, 4) is 11.5 Å². The lowest BCUT2D eigenvalue weighted by molar-refractivity contribution is -0.384. The zero-order valence-corrected chi connectivity index (χ0v) is 24.3. The van der Waals surface area contributed by atoms with Crippen LogP contribution >= 0.6 is 23.2 Å². The van der Waals surface area contributed by atoms with E-state index in [4.69, 9.17) is 27.9 Å². The number of carbonyl (C=O) groups is 2. The van der Waals surface area contributed by atoms with Crippen LogP contribution in [0, 0.1) is 10.1 Å². The molecule has 220 valence electrons. The second kappa shape index (κ2) is 12.8. The molecule has 0 atom stereocenters. The highest BCUT2D eigenvalue weighted by molar-refractivity contribution is 6.31. The van der Waals surface area contributed by atoms with Gasteiger partial charge in [0, 0.05) is 38.4 Å². The van der Waals surface area contributed by atoms with Crippen molar-refractivity contribution in [3.63, 3.8) is 0 Å². The highest BCUT2D eigenvalue weighted by Gasteiger charge is 2.20. The number of fused-ring (bicyclic) bond motifs is 1. The standard InChI is InChI=1S/C31H21Cl2N5O6/c1-44-27-16-23(38(42)43)11-13-26(27)36-37-28-24-12-2-17(30(40)34-21-7-3-19(32)4-8-21)14-18(24)15-25(29(28)39)31(41)35-22-9-5-20(33)6-10-22/h2-16,39H,1H3,(H,34,40)(H,35,41). The maximum absolute atomic E-state index is 13.3. The fourth-order valence-electron chi connectivity index (χ4n) is 4.23. The van der Waals surface area contributed by atoms with Crippen LogP contribution in [0.5, 0.6) is 11.5 Å². The summed E-state index contributed by atoms with van der Waals surface area (Å²) >= 11 is 11.9. The lowest BCUT2D eigenvalue weighted by Gasteiger charge is -2.13. The van der Waals surface area contributed by atoms with Gasteiger partial charge in [-0.25, -0.2) is 0 Å². The number of hydrogen-bond acceptors (Lipinski definition) is 8. The number of carbonyl (C=O) groups excluding carboxylic acids is 2. The van der Waals surface area contributed by atoms with Crippen LogP contribution in [0.15, 0.2) is 101 Å². The first-order chi connectivity index (χ1) is 21.1. The number of benzene rings is 5. The second-order valence-corrected chi connectivity index (χ2v) is 10.2. The first-order valence-electron chi connectivity index (χ1n) is 12.8. The molecule has 2 amide bonds. The van der Waals surface area contributed by atoms with Crippen LogP contribution in [0.2, 0.25) is 10.0 Å². The fourth-order valence-corrected chi connectivity index (χ4v) is 4.48. The molecule has 0 saturated heterocycles. The Kier molecular flexibility index (Phi) is 8.70. The van der Waals surface area contributed by atoms with Crippen molar-refractivity contribution in [2.75, 3.05) is 17.7 Å². The van der Waals surface area contributed by atoms with E-state index in [-0.39, 0.29) is 33.9 Å². The van der Waals surface area contributed by atoms with E-state index in [0.717, 1.165) is 0 Å². The Balaban J connectivity index is 1.58. The number of non-ortho nitro benzene ring substituents is 1. The quantitative estimate of drug-likeness (QED) is 0.0885. The molecule has 0 spiro atoms. The molecule has 0 aliphatic rings. The van der Waals surface area contributed by atoms with Crippen LogP contribution in [0.25, 0.3) is 10.8 Å². The van der Waals surface area contributed by atoms with E-state index in [0.29, 0.717) is 32.2 Å². The minimum absolute atomic E-state index is 0.0736. The van der Waals surface area contributed by atoms with Gasteiger partial charge in [-0.15, -0.1) is 10.2 Å². The summed E-state index contributed by atoms with van der Waals surface area (Å²) < 4.78 is 5.23. The van der Waals surface area contributed by atoms with Crippen molar-refractivity contribution < 1.29 is 24.4 Å². The fraction of sp³-hybridized carbons (Fsp3) is 0.0323. The van der Waals surface area contributed by atoms with Gasteiger partial charge in [0.1, 0.15) is 11.4 Å². The number of nitro groups is 1. The minimum Gasteiger partial charge on any atom is -0.505 e. The SMILES string of the molecule is COc1cc([N+](=O)[O-])ccc1N=Nc1c(O)c(C(=O)Nc2ccc(Cl)cc2)cc2cc(C(=O)Nc3ccc(Cl)cc3)ccc12. The lowest BCUT2D eigenvalue weighted by atomic mass is 10.0. The van der Waals surface area contributed by atoms with Crippen LogP contribution in [0.1, 0.15) is 20.7 Å². The molecule has 3 N–H and O–H groups in total. The van der Waals surface area contributed by atoms with Gasteiger partial charge in [-0.3, -0.25) is 19.7 Å². The third kappa shape index (κ3) is 6.59. The average Bonchev–Trinajstić information content (AvgIpc) is 3.02. The van der Waals surface area contributed by atoms with E-state index in [2.05, 4.69) is 20.9 Å². The topological polar surface area (TPSA) is 156 Å². The third-order valence-corrected chi connectivity index (χ3v) is 6.93. The zero-order chi connectivity index (χ0) is 31.4. The highest BCUT2D eigenvalue weighted by Crippen LogP contribution is 2.41. The molecule has 0 unspecified atom stereocenters. The number of azo groups is 1. The Morgan fingerprint density at radius 2 is 1.43 bits per heavy atom. The first kappa shape index (κ1) is 30.0. The summed E-state index contributed by atoms with van der Waals surface area (Å²) in [7, 11) is 1.32. The number of aromatic hydroxyl groups is 1. The molecule has 44 heavy (non-hydrogen) atoms. The number of methoxy groups -OCH3 is 1. The summed E-state index contributed by atoms with van der Waals surface area (Å²) in [6.07, 6.45) is 0. The first-order valence-corrected chi connectivity index (χ1v) is 13.6. The second-order valence-electron chi connectivity index (χ2n) is 9.29. The molecule has 0 radical (unpaired) electrons. The van der Waals surface area contributed by atoms with Crippen molar-refractivity contribution in [2.24, 2.45) is 10.2 Å². The molecule has 5 aromatic rings. The maximum Gasteiger partial charge on any atom is 0.273 e. The van der Waals surface area contributed by atoms with Gasteiger partial charge in [-0.05, 0) is 78.2 Å².